The number of hydrogen-bond acceptors (Lipinski definition) is 4. The van der Waals surface area contributed by atoms with E-state index in [0.29, 0.717) is 37.9 Å². The van der Waals surface area contributed by atoms with Gasteiger partial charge < -0.3 is 15.0 Å². The lowest BCUT2D eigenvalue weighted by molar-refractivity contribution is -0.138. The van der Waals surface area contributed by atoms with E-state index in [1.807, 2.05) is 4.90 Å². The van der Waals surface area contributed by atoms with Gasteiger partial charge in [0.1, 0.15) is 11.9 Å². The molecule has 0 aliphatic carbocycles. The first kappa shape index (κ1) is 16.6. The van der Waals surface area contributed by atoms with Crippen LogP contribution in [0.25, 0.3) is 0 Å². The van der Waals surface area contributed by atoms with Crippen molar-refractivity contribution in [2.75, 3.05) is 45.9 Å². The summed E-state index contributed by atoms with van der Waals surface area (Å²) in [6, 6.07) is 4.27. The third-order valence-electron chi connectivity index (χ3n) is 4.31. The Balaban J connectivity index is 1.51. The molecule has 3 rings (SSSR count). The zero-order valence-electron chi connectivity index (χ0n) is 12.9. The Bertz CT molecular complexity index is 558. The third-order valence-corrected chi connectivity index (χ3v) is 4.66. The van der Waals surface area contributed by atoms with Crippen LogP contribution in [-0.2, 0) is 16.1 Å². The summed E-state index contributed by atoms with van der Waals surface area (Å²) >= 11 is 6.08. The quantitative estimate of drug-likeness (QED) is 0.894. The van der Waals surface area contributed by atoms with Crippen LogP contribution in [0.2, 0.25) is 5.02 Å². The molecule has 0 aromatic heterocycles. The molecular weight excluding hydrogens is 321 g/mol. The Hall–Kier alpha value is -1.21. The number of carbonyl (C=O) groups is 1. The van der Waals surface area contributed by atoms with Crippen LogP contribution >= 0.6 is 11.6 Å². The van der Waals surface area contributed by atoms with Crippen molar-refractivity contribution in [1.82, 2.24) is 15.1 Å². The first-order valence-corrected chi connectivity index (χ1v) is 8.27. The molecule has 1 unspecified atom stereocenters. The summed E-state index contributed by atoms with van der Waals surface area (Å²) < 4.78 is 18.4. The molecule has 2 aliphatic heterocycles. The number of morpholine rings is 1. The van der Waals surface area contributed by atoms with E-state index in [1.54, 1.807) is 6.07 Å². The molecule has 1 atom stereocenters. The highest BCUT2D eigenvalue weighted by Crippen LogP contribution is 2.20. The van der Waals surface area contributed by atoms with Gasteiger partial charge in [0.05, 0.1) is 13.2 Å². The van der Waals surface area contributed by atoms with E-state index < -0.39 is 0 Å². The van der Waals surface area contributed by atoms with Crippen molar-refractivity contribution in [2.45, 2.75) is 12.6 Å². The molecule has 7 heteroatoms. The second-order valence-electron chi connectivity index (χ2n) is 5.92. The highest BCUT2D eigenvalue weighted by atomic mass is 35.5. The van der Waals surface area contributed by atoms with Crippen LogP contribution in [0.1, 0.15) is 5.56 Å². The lowest BCUT2D eigenvalue weighted by Crippen LogP contribution is -2.57. The molecule has 1 aromatic rings. The van der Waals surface area contributed by atoms with Gasteiger partial charge in [-0.1, -0.05) is 17.7 Å². The van der Waals surface area contributed by atoms with Crippen LogP contribution in [0.5, 0.6) is 0 Å². The van der Waals surface area contributed by atoms with Crippen LogP contribution < -0.4 is 5.32 Å². The summed E-state index contributed by atoms with van der Waals surface area (Å²) in [4.78, 5) is 16.5. The van der Waals surface area contributed by atoms with Gasteiger partial charge in [-0.05, 0) is 17.7 Å². The van der Waals surface area contributed by atoms with Crippen molar-refractivity contribution in [3.8, 4) is 0 Å². The van der Waals surface area contributed by atoms with Crippen molar-refractivity contribution >= 4 is 17.5 Å². The van der Waals surface area contributed by atoms with Crippen LogP contribution in [-0.4, -0.2) is 67.7 Å². The first-order chi connectivity index (χ1) is 11.1. The van der Waals surface area contributed by atoms with Crippen LogP contribution in [0.4, 0.5) is 4.39 Å². The summed E-state index contributed by atoms with van der Waals surface area (Å²) in [5.41, 5.74) is 0.912. The fourth-order valence-corrected chi connectivity index (χ4v) is 3.19. The maximum Gasteiger partial charge on any atom is 0.242 e. The van der Waals surface area contributed by atoms with Crippen molar-refractivity contribution < 1.29 is 13.9 Å². The minimum atomic E-state index is -0.323. The zero-order chi connectivity index (χ0) is 16.2. The predicted octanol–water partition coefficient (Wildman–Crippen LogP) is 1.11. The van der Waals surface area contributed by atoms with Gasteiger partial charge in [-0.3, -0.25) is 9.69 Å². The monoisotopic (exact) mass is 341 g/mol. The molecule has 0 saturated carbocycles. The van der Waals surface area contributed by atoms with Gasteiger partial charge >= 0.3 is 0 Å². The average Bonchev–Trinajstić information content (AvgIpc) is 2.58. The third kappa shape index (κ3) is 4.20. The van der Waals surface area contributed by atoms with Gasteiger partial charge in [-0.2, -0.15) is 0 Å². The molecule has 0 spiro atoms. The lowest BCUT2D eigenvalue weighted by Gasteiger charge is -2.37. The molecule has 1 aromatic carbocycles. The first-order valence-electron chi connectivity index (χ1n) is 7.89. The minimum Gasteiger partial charge on any atom is -0.378 e. The topological polar surface area (TPSA) is 44.8 Å². The van der Waals surface area contributed by atoms with Gasteiger partial charge in [0.15, 0.2) is 0 Å². The molecule has 0 bridgehead atoms. The van der Waals surface area contributed by atoms with E-state index in [9.17, 15) is 9.18 Å². The van der Waals surface area contributed by atoms with Crippen molar-refractivity contribution in [1.29, 1.82) is 0 Å². The molecule has 2 aliphatic rings. The second-order valence-corrected chi connectivity index (χ2v) is 6.33. The molecule has 1 N–H and O–H groups in total. The largest absolute Gasteiger partial charge is 0.378 e. The number of piperazine rings is 1. The smallest absolute Gasteiger partial charge is 0.242 e. The fraction of sp³-hybridized carbons (Fsp3) is 0.562. The Labute approximate surface area is 140 Å². The number of halogens is 2. The van der Waals surface area contributed by atoms with Crippen molar-refractivity contribution in [3.63, 3.8) is 0 Å². The highest BCUT2D eigenvalue weighted by molar-refractivity contribution is 6.31. The molecule has 2 fully saturated rings. The van der Waals surface area contributed by atoms with E-state index in [2.05, 4.69) is 10.2 Å². The summed E-state index contributed by atoms with van der Waals surface area (Å²) in [7, 11) is 0. The van der Waals surface area contributed by atoms with Crippen molar-refractivity contribution in [2.24, 2.45) is 0 Å². The number of amides is 1. The van der Waals surface area contributed by atoms with Gasteiger partial charge in [-0.15, -0.1) is 0 Å². The zero-order valence-corrected chi connectivity index (χ0v) is 13.7. The number of rotatable bonds is 3. The SMILES string of the molecule is O=C(C1COCCN1)N1CCN(Cc2ccc(F)cc2Cl)CC1. The van der Waals surface area contributed by atoms with Crippen molar-refractivity contribution in [3.05, 3.63) is 34.6 Å². The van der Waals surface area contributed by atoms with Crippen LogP contribution in [0, 0.1) is 5.82 Å². The molecule has 5 nitrogen and oxygen atoms in total. The Morgan fingerprint density at radius 2 is 2.13 bits per heavy atom. The lowest BCUT2D eigenvalue weighted by atomic mass is 10.1. The molecule has 2 saturated heterocycles. The average molecular weight is 342 g/mol. The molecule has 2 heterocycles. The van der Waals surface area contributed by atoms with Gasteiger partial charge in [0.2, 0.25) is 5.91 Å². The minimum absolute atomic E-state index is 0.115. The van der Waals surface area contributed by atoms with Gasteiger partial charge in [0, 0.05) is 44.3 Å². The Kier molecular flexibility index (Phi) is 5.48. The standard InChI is InChI=1S/C16H21ClFN3O2/c17-14-9-13(18)2-1-12(14)10-20-4-6-21(7-5-20)16(22)15-11-23-8-3-19-15/h1-2,9,15,19H,3-8,10-11H2. The van der Waals surface area contributed by atoms with E-state index in [4.69, 9.17) is 16.3 Å². The number of hydrogen-bond donors (Lipinski definition) is 1. The summed E-state index contributed by atoms with van der Waals surface area (Å²) in [5.74, 6) is -0.208. The molecule has 1 amide bonds. The second kappa shape index (κ2) is 7.57. The number of nitrogens with zero attached hydrogens (tertiary/aromatic N) is 2. The Morgan fingerprint density at radius 3 is 2.78 bits per heavy atom. The fourth-order valence-electron chi connectivity index (χ4n) is 2.96. The predicted molar refractivity (Wildman–Crippen MR) is 85.9 cm³/mol. The Morgan fingerprint density at radius 1 is 1.35 bits per heavy atom. The summed E-state index contributed by atoms with van der Waals surface area (Å²) in [6.45, 7) is 5.46. The molecule has 0 radical (unpaired) electrons. The van der Waals surface area contributed by atoms with E-state index in [-0.39, 0.29) is 17.8 Å². The molecule has 126 valence electrons. The summed E-state index contributed by atoms with van der Waals surface area (Å²) in [6.07, 6.45) is 0. The van der Waals surface area contributed by atoms with Crippen LogP contribution in [0.3, 0.4) is 0 Å². The van der Waals surface area contributed by atoms with Crippen LogP contribution in [0.15, 0.2) is 18.2 Å². The maximum atomic E-state index is 13.1. The number of benzene rings is 1. The molecular formula is C16H21ClFN3O2. The van der Waals surface area contributed by atoms with E-state index >= 15 is 0 Å². The maximum absolute atomic E-state index is 13.1. The normalized spacial score (nSPS) is 23.0. The summed E-state index contributed by atoms with van der Waals surface area (Å²) in [5, 5.41) is 3.65. The molecule has 23 heavy (non-hydrogen) atoms. The number of ether oxygens (including phenoxy) is 1. The van der Waals surface area contributed by atoms with E-state index in [1.165, 1.54) is 12.1 Å². The highest BCUT2D eigenvalue weighted by Gasteiger charge is 2.28. The van der Waals surface area contributed by atoms with Gasteiger partial charge in [0.25, 0.3) is 0 Å². The number of carbonyl (C=O) groups excluding carboxylic acids is 1. The van der Waals surface area contributed by atoms with E-state index in [0.717, 1.165) is 25.2 Å². The van der Waals surface area contributed by atoms with Gasteiger partial charge in [-0.25, -0.2) is 4.39 Å². The number of nitrogens with one attached hydrogen (secondary N) is 1.